The van der Waals surface area contributed by atoms with Crippen LogP contribution in [-0.4, -0.2) is 16.1 Å². The number of aromatic nitrogens is 2. The molecule has 1 heterocycles. The highest BCUT2D eigenvalue weighted by atomic mass is 79.9. The van der Waals surface area contributed by atoms with Crippen molar-refractivity contribution >= 4 is 33.4 Å². The van der Waals surface area contributed by atoms with Crippen molar-refractivity contribution < 1.29 is 9.21 Å². The van der Waals surface area contributed by atoms with Crippen molar-refractivity contribution in [3.8, 4) is 11.5 Å². The summed E-state index contributed by atoms with van der Waals surface area (Å²) in [6.07, 6.45) is 0. The molecule has 0 aliphatic rings. The predicted octanol–water partition coefficient (Wildman–Crippen LogP) is 4.08. The first-order valence-corrected chi connectivity index (χ1v) is 7.91. The number of rotatable bonds is 4. The van der Waals surface area contributed by atoms with Crippen LogP contribution in [0.3, 0.4) is 0 Å². The van der Waals surface area contributed by atoms with Gasteiger partial charge in [-0.05, 0) is 42.5 Å². The van der Waals surface area contributed by atoms with Crippen molar-refractivity contribution in [1.29, 1.82) is 0 Å². The Bertz CT molecular complexity index is 833. The number of nitrogens with one attached hydrogen (secondary N) is 1. The van der Waals surface area contributed by atoms with Gasteiger partial charge in [-0.3, -0.25) is 4.79 Å². The van der Waals surface area contributed by atoms with Crippen LogP contribution in [0.4, 0.5) is 0 Å². The molecule has 0 aliphatic heterocycles. The normalized spacial score (nSPS) is 10.5. The van der Waals surface area contributed by atoms with Gasteiger partial charge in [-0.25, -0.2) is 0 Å². The molecule has 0 spiro atoms. The van der Waals surface area contributed by atoms with E-state index in [1.807, 2.05) is 6.07 Å². The molecule has 0 bridgehead atoms. The lowest BCUT2D eigenvalue weighted by atomic mass is 10.2. The van der Waals surface area contributed by atoms with Crippen LogP contribution in [0.25, 0.3) is 11.5 Å². The van der Waals surface area contributed by atoms with E-state index >= 15 is 0 Å². The van der Waals surface area contributed by atoms with E-state index in [1.165, 1.54) is 0 Å². The summed E-state index contributed by atoms with van der Waals surface area (Å²) in [6, 6.07) is 14.2. The third-order valence-corrected chi connectivity index (χ3v) is 3.79. The molecule has 2 aromatic carbocycles. The van der Waals surface area contributed by atoms with E-state index in [2.05, 4.69) is 31.4 Å². The van der Waals surface area contributed by atoms with Gasteiger partial charge in [0.15, 0.2) is 0 Å². The van der Waals surface area contributed by atoms with Crippen molar-refractivity contribution in [3.63, 3.8) is 0 Å². The van der Waals surface area contributed by atoms with Crippen molar-refractivity contribution in [2.24, 2.45) is 0 Å². The number of hydrogen-bond acceptors (Lipinski definition) is 4. The van der Waals surface area contributed by atoms with Crippen molar-refractivity contribution in [1.82, 2.24) is 15.5 Å². The first-order chi connectivity index (χ1) is 11.1. The summed E-state index contributed by atoms with van der Waals surface area (Å²) in [5.41, 5.74) is 1.32. The number of nitrogens with zero attached hydrogens (tertiary/aromatic N) is 2. The zero-order valence-corrected chi connectivity index (χ0v) is 14.1. The molecule has 0 saturated carbocycles. The van der Waals surface area contributed by atoms with Crippen LogP contribution in [0.5, 0.6) is 0 Å². The van der Waals surface area contributed by atoms with Gasteiger partial charge in [0.05, 0.1) is 6.54 Å². The summed E-state index contributed by atoms with van der Waals surface area (Å²) in [5, 5.41) is 11.3. The Morgan fingerprint density at radius 2 is 1.96 bits per heavy atom. The highest BCUT2D eigenvalue weighted by molar-refractivity contribution is 9.10. The Morgan fingerprint density at radius 3 is 2.70 bits per heavy atom. The fourth-order valence-electron chi connectivity index (χ4n) is 1.92. The van der Waals surface area contributed by atoms with Gasteiger partial charge in [0.2, 0.25) is 11.8 Å². The molecule has 116 valence electrons. The first-order valence-electron chi connectivity index (χ1n) is 6.74. The summed E-state index contributed by atoms with van der Waals surface area (Å²) < 4.78 is 6.37. The molecular weight excluding hydrogens is 382 g/mol. The third-order valence-electron chi connectivity index (χ3n) is 3.04. The molecule has 1 N–H and O–H groups in total. The largest absolute Gasteiger partial charge is 0.419 e. The summed E-state index contributed by atoms with van der Waals surface area (Å²) in [7, 11) is 0. The van der Waals surface area contributed by atoms with Crippen LogP contribution in [0, 0.1) is 0 Å². The van der Waals surface area contributed by atoms with Crippen LogP contribution in [-0.2, 0) is 6.54 Å². The van der Waals surface area contributed by atoms with E-state index in [4.69, 9.17) is 16.0 Å². The van der Waals surface area contributed by atoms with Gasteiger partial charge in [-0.2, -0.15) is 0 Å². The zero-order valence-electron chi connectivity index (χ0n) is 11.8. The van der Waals surface area contributed by atoms with Gasteiger partial charge in [0.25, 0.3) is 5.91 Å². The van der Waals surface area contributed by atoms with Gasteiger partial charge in [-0.1, -0.05) is 33.6 Å². The Labute approximate surface area is 145 Å². The maximum Gasteiger partial charge on any atom is 0.251 e. The molecule has 3 aromatic rings. The average molecular weight is 393 g/mol. The third kappa shape index (κ3) is 3.97. The van der Waals surface area contributed by atoms with Gasteiger partial charge in [0, 0.05) is 20.6 Å². The lowest BCUT2D eigenvalue weighted by Gasteiger charge is -2.02. The minimum atomic E-state index is -0.211. The van der Waals surface area contributed by atoms with Crippen LogP contribution in [0.1, 0.15) is 16.2 Å². The molecule has 0 unspecified atom stereocenters. The molecule has 5 nitrogen and oxygen atoms in total. The minimum absolute atomic E-state index is 0.159. The van der Waals surface area contributed by atoms with Crippen LogP contribution in [0.15, 0.2) is 57.4 Å². The molecule has 0 fully saturated rings. The predicted molar refractivity (Wildman–Crippen MR) is 90.1 cm³/mol. The first kappa shape index (κ1) is 15.7. The summed E-state index contributed by atoms with van der Waals surface area (Å²) in [6.45, 7) is 0.159. The number of carbonyl (C=O) groups is 1. The average Bonchev–Trinajstić information content (AvgIpc) is 3.02. The molecule has 3 rings (SSSR count). The van der Waals surface area contributed by atoms with Gasteiger partial charge >= 0.3 is 0 Å². The highest BCUT2D eigenvalue weighted by Crippen LogP contribution is 2.20. The van der Waals surface area contributed by atoms with E-state index in [1.54, 1.807) is 42.5 Å². The molecular formula is C16H11BrClN3O2. The van der Waals surface area contributed by atoms with E-state index in [-0.39, 0.29) is 12.5 Å². The number of halogens is 2. The Kier molecular flexibility index (Phi) is 4.73. The standard InChI is InChI=1S/C16H11BrClN3O2/c17-12-3-1-2-11(8-12)15(22)19-9-14-20-21-16(23-14)10-4-6-13(18)7-5-10/h1-8H,9H2,(H,19,22). The SMILES string of the molecule is O=C(NCc1nnc(-c2ccc(Cl)cc2)o1)c1cccc(Br)c1. The second-order valence-electron chi connectivity index (χ2n) is 4.70. The summed E-state index contributed by atoms with van der Waals surface area (Å²) >= 11 is 9.17. The second-order valence-corrected chi connectivity index (χ2v) is 6.05. The van der Waals surface area contributed by atoms with E-state index in [0.29, 0.717) is 22.4 Å². The molecule has 0 atom stereocenters. The van der Waals surface area contributed by atoms with Gasteiger partial charge < -0.3 is 9.73 Å². The molecule has 0 aliphatic carbocycles. The zero-order chi connectivity index (χ0) is 16.2. The molecule has 0 radical (unpaired) electrons. The highest BCUT2D eigenvalue weighted by Gasteiger charge is 2.11. The van der Waals surface area contributed by atoms with Crippen LogP contribution in [0.2, 0.25) is 5.02 Å². The number of benzene rings is 2. The molecule has 23 heavy (non-hydrogen) atoms. The lowest BCUT2D eigenvalue weighted by Crippen LogP contribution is -2.22. The topological polar surface area (TPSA) is 68.0 Å². The Morgan fingerprint density at radius 1 is 1.17 bits per heavy atom. The second kappa shape index (κ2) is 6.93. The number of hydrogen-bond donors (Lipinski definition) is 1. The van der Waals surface area contributed by atoms with E-state index in [0.717, 1.165) is 10.0 Å². The maximum atomic E-state index is 12.0. The van der Waals surface area contributed by atoms with Crippen molar-refractivity contribution in [3.05, 3.63) is 69.5 Å². The number of carbonyl (C=O) groups excluding carboxylic acids is 1. The quantitative estimate of drug-likeness (QED) is 0.726. The van der Waals surface area contributed by atoms with E-state index in [9.17, 15) is 4.79 Å². The van der Waals surface area contributed by atoms with Crippen molar-refractivity contribution in [2.45, 2.75) is 6.54 Å². The lowest BCUT2D eigenvalue weighted by molar-refractivity contribution is 0.0947. The maximum absolute atomic E-state index is 12.0. The number of amides is 1. The van der Waals surface area contributed by atoms with Gasteiger partial charge in [0.1, 0.15) is 0 Å². The molecule has 0 saturated heterocycles. The molecule has 7 heteroatoms. The Balaban J connectivity index is 1.65. The van der Waals surface area contributed by atoms with Crippen LogP contribution < -0.4 is 5.32 Å². The fraction of sp³-hybridized carbons (Fsp3) is 0.0625. The Hall–Kier alpha value is -2.18. The molecule has 1 aromatic heterocycles. The molecule has 1 amide bonds. The summed E-state index contributed by atoms with van der Waals surface area (Å²) in [5.74, 6) is 0.504. The van der Waals surface area contributed by atoms with Crippen LogP contribution >= 0.6 is 27.5 Å². The minimum Gasteiger partial charge on any atom is -0.419 e. The summed E-state index contributed by atoms with van der Waals surface area (Å²) in [4.78, 5) is 12.0. The van der Waals surface area contributed by atoms with E-state index < -0.39 is 0 Å². The smallest absolute Gasteiger partial charge is 0.251 e. The van der Waals surface area contributed by atoms with Gasteiger partial charge in [-0.15, -0.1) is 10.2 Å². The fourth-order valence-corrected chi connectivity index (χ4v) is 2.45. The van der Waals surface area contributed by atoms with Crippen molar-refractivity contribution in [2.75, 3.05) is 0 Å². The monoisotopic (exact) mass is 391 g/mol.